The van der Waals surface area contributed by atoms with Gasteiger partial charge >= 0.3 is 0 Å². The number of methoxy groups -OCH3 is 1. The number of hydrogen-bond acceptors (Lipinski definition) is 4. The summed E-state index contributed by atoms with van der Waals surface area (Å²) in [7, 11) is -2.02. The number of nitrogens with one attached hydrogen (secondary N) is 1. The van der Waals surface area contributed by atoms with Crippen LogP contribution in [0.2, 0.25) is 0 Å². The maximum absolute atomic E-state index is 12.4. The maximum Gasteiger partial charge on any atom is 0.240 e. The molecule has 2 atom stereocenters. The monoisotopic (exact) mass is 298 g/mol. The molecule has 20 heavy (non-hydrogen) atoms. The molecule has 0 amide bonds. The first kappa shape index (κ1) is 15.1. The van der Waals surface area contributed by atoms with Crippen LogP contribution in [0.5, 0.6) is 5.75 Å². The number of anilines is 1. The molecule has 0 aromatic heterocycles. The van der Waals surface area contributed by atoms with E-state index in [9.17, 15) is 8.42 Å². The molecular formula is C14H22N2O3S. The zero-order valence-corrected chi connectivity index (χ0v) is 12.7. The second kappa shape index (κ2) is 6.01. The average molecular weight is 298 g/mol. The van der Waals surface area contributed by atoms with E-state index in [1.165, 1.54) is 25.7 Å². The lowest BCUT2D eigenvalue weighted by molar-refractivity contribution is 0.310. The molecular weight excluding hydrogens is 276 g/mol. The molecule has 1 aromatic rings. The van der Waals surface area contributed by atoms with Gasteiger partial charge in [-0.3, -0.25) is 0 Å². The van der Waals surface area contributed by atoms with Crippen LogP contribution in [0.15, 0.2) is 23.1 Å². The Morgan fingerprint density at radius 1 is 1.30 bits per heavy atom. The van der Waals surface area contributed by atoms with E-state index in [2.05, 4.69) is 11.6 Å². The van der Waals surface area contributed by atoms with Crippen LogP contribution < -0.4 is 15.2 Å². The Kier molecular flexibility index (Phi) is 4.55. The molecule has 0 bridgehead atoms. The largest absolute Gasteiger partial charge is 0.495 e. The van der Waals surface area contributed by atoms with E-state index < -0.39 is 10.0 Å². The van der Waals surface area contributed by atoms with E-state index in [-0.39, 0.29) is 10.9 Å². The lowest BCUT2D eigenvalue weighted by Gasteiger charge is -2.29. The van der Waals surface area contributed by atoms with Gasteiger partial charge in [0.15, 0.2) is 0 Å². The number of rotatable bonds is 4. The standard InChI is InChI=1S/C14H22N2O3S/c1-10-5-3-4-6-13(10)16-20(17,18)11-7-8-14(19-2)12(15)9-11/h7-10,13,16H,3-6,15H2,1-2H3. The van der Waals surface area contributed by atoms with Crippen LogP contribution in [-0.4, -0.2) is 21.6 Å². The Morgan fingerprint density at radius 3 is 2.60 bits per heavy atom. The van der Waals surface area contributed by atoms with Crippen molar-refractivity contribution in [2.45, 2.75) is 43.5 Å². The normalized spacial score (nSPS) is 23.5. The maximum atomic E-state index is 12.4. The fraction of sp³-hybridized carbons (Fsp3) is 0.571. The van der Waals surface area contributed by atoms with Gasteiger partial charge in [-0.15, -0.1) is 0 Å². The van der Waals surface area contributed by atoms with E-state index in [0.717, 1.165) is 19.3 Å². The molecule has 0 saturated heterocycles. The zero-order chi connectivity index (χ0) is 14.8. The van der Waals surface area contributed by atoms with E-state index in [1.54, 1.807) is 6.07 Å². The third-order valence-electron chi connectivity index (χ3n) is 3.93. The average Bonchev–Trinajstić information content (AvgIpc) is 2.41. The topological polar surface area (TPSA) is 81.4 Å². The summed E-state index contributed by atoms with van der Waals surface area (Å²) in [6.07, 6.45) is 4.21. The minimum atomic E-state index is -3.53. The fourth-order valence-corrected chi connectivity index (χ4v) is 4.05. The van der Waals surface area contributed by atoms with E-state index >= 15 is 0 Å². The van der Waals surface area contributed by atoms with Crippen LogP contribution in [0.25, 0.3) is 0 Å². The van der Waals surface area contributed by atoms with Crippen molar-refractivity contribution in [3.63, 3.8) is 0 Å². The molecule has 2 rings (SSSR count). The van der Waals surface area contributed by atoms with Gasteiger partial charge in [0.25, 0.3) is 0 Å². The highest BCUT2D eigenvalue weighted by Crippen LogP contribution is 2.27. The number of hydrogen-bond donors (Lipinski definition) is 2. The molecule has 1 aliphatic rings. The summed E-state index contributed by atoms with van der Waals surface area (Å²) in [6, 6.07) is 4.55. The second-order valence-corrected chi connectivity index (χ2v) is 7.11. The Bertz CT molecular complexity index is 572. The van der Waals surface area contributed by atoms with Gasteiger partial charge in [0.05, 0.1) is 17.7 Å². The molecule has 0 spiro atoms. The molecule has 3 N–H and O–H groups in total. The third kappa shape index (κ3) is 3.24. The number of benzene rings is 1. The van der Waals surface area contributed by atoms with Crippen LogP contribution in [-0.2, 0) is 10.0 Å². The van der Waals surface area contributed by atoms with Crippen LogP contribution in [0.4, 0.5) is 5.69 Å². The Hall–Kier alpha value is -1.27. The van der Waals surface area contributed by atoms with Crippen molar-refractivity contribution in [2.24, 2.45) is 5.92 Å². The van der Waals surface area contributed by atoms with Crippen LogP contribution in [0.3, 0.4) is 0 Å². The highest BCUT2D eigenvalue weighted by molar-refractivity contribution is 7.89. The molecule has 1 aromatic carbocycles. The van der Waals surface area contributed by atoms with Crippen LogP contribution >= 0.6 is 0 Å². The summed E-state index contributed by atoms with van der Waals surface area (Å²) in [5.41, 5.74) is 6.10. The van der Waals surface area contributed by atoms with Crippen molar-refractivity contribution in [3.05, 3.63) is 18.2 Å². The first-order valence-electron chi connectivity index (χ1n) is 6.90. The lowest BCUT2D eigenvalue weighted by atomic mass is 9.87. The number of nitrogens with two attached hydrogens (primary N) is 1. The summed E-state index contributed by atoms with van der Waals surface area (Å²) in [4.78, 5) is 0.188. The van der Waals surface area contributed by atoms with Crippen molar-refractivity contribution < 1.29 is 13.2 Å². The lowest BCUT2D eigenvalue weighted by Crippen LogP contribution is -2.40. The highest BCUT2D eigenvalue weighted by Gasteiger charge is 2.27. The Labute approximate surface area is 120 Å². The summed E-state index contributed by atoms with van der Waals surface area (Å²) >= 11 is 0. The van der Waals surface area contributed by atoms with Gasteiger partial charge in [-0.05, 0) is 37.0 Å². The molecule has 1 fully saturated rings. The molecule has 5 nitrogen and oxygen atoms in total. The Balaban J connectivity index is 2.19. The van der Waals surface area contributed by atoms with E-state index in [1.807, 2.05) is 0 Å². The van der Waals surface area contributed by atoms with Crippen molar-refractivity contribution in [1.82, 2.24) is 4.72 Å². The first-order chi connectivity index (χ1) is 9.44. The smallest absolute Gasteiger partial charge is 0.240 e. The predicted octanol–water partition coefficient (Wildman–Crippen LogP) is 2.13. The van der Waals surface area contributed by atoms with Crippen molar-refractivity contribution in [2.75, 3.05) is 12.8 Å². The summed E-state index contributed by atoms with van der Waals surface area (Å²) < 4.78 is 32.6. The minimum absolute atomic E-state index is 0.0112. The molecule has 6 heteroatoms. The highest BCUT2D eigenvalue weighted by atomic mass is 32.2. The van der Waals surface area contributed by atoms with Gasteiger partial charge in [-0.2, -0.15) is 0 Å². The summed E-state index contributed by atoms with van der Waals surface area (Å²) in [5, 5.41) is 0. The van der Waals surface area contributed by atoms with Gasteiger partial charge in [-0.25, -0.2) is 13.1 Å². The molecule has 2 unspecified atom stereocenters. The van der Waals surface area contributed by atoms with Gasteiger partial charge in [0, 0.05) is 6.04 Å². The van der Waals surface area contributed by atoms with E-state index in [0.29, 0.717) is 17.4 Å². The van der Waals surface area contributed by atoms with Gasteiger partial charge in [-0.1, -0.05) is 19.8 Å². The summed E-state index contributed by atoms with van der Waals surface area (Å²) in [6.45, 7) is 2.09. The fourth-order valence-electron chi connectivity index (χ4n) is 2.64. The zero-order valence-electron chi connectivity index (χ0n) is 11.9. The van der Waals surface area contributed by atoms with Crippen molar-refractivity contribution in [3.8, 4) is 5.75 Å². The quantitative estimate of drug-likeness (QED) is 0.834. The van der Waals surface area contributed by atoms with Gasteiger partial charge in [0.1, 0.15) is 5.75 Å². The predicted molar refractivity (Wildman–Crippen MR) is 79.1 cm³/mol. The van der Waals surface area contributed by atoms with Gasteiger partial charge in [0.2, 0.25) is 10.0 Å². The third-order valence-corrected chi connectivity index (χ3v) is 5.42. The SMILES string of the molecule is COc1ccc(S(=O)(=O)NC2CCCCC2C)cc1N. The molecule has 112 valence electrons. The molecule has 0 heterocycles. The first-order valence-corrected chi connectivity index (χ1v) is 8.38. The number of ether oxygens (including phenoxy) is 1. The molecule has 1 aliphatic carbocycles. The molecule has 1 saturated carbocycles. The molecule has 0 radical (unpaired) electrons. The summed E-state index contributed by atoms with van der Waals surface area (Å²) in [5.74, 6) is 0.851. The van der Waals surface area contributed by atoms with E-state index in [4.69, 9.17) is 10.5 Å². The van der Waals surface area contributed by atoms with Gasteiger partial charge < -0.3 is 10.5 Å². The second-order valence-electron chi connectivity index (χ2n) is 5.39. The van der Waals surface area contributed by atoms with Crippen molar-refractivity contribution in [1.29, 1.82) is 0 Å². The number of sulfonamides is 1. The molecule has 0 aliphatic heterocycles. The minimum Gasteiger partial charge on any atom is -0.495 e. The Morgan fingerprint density at radius 2 is 2.00 bits per heavy atom. The van der Waals surface area contributed by atoms with Crippen LogP contribution in [0.1, 0.15) is 32.6 Å². The van der Waals surface area contributed by atoms with Crippen LogP contribution in [0, 0.1) is 5.92 Å². The van der Waals surface area contributed by atoms with Crippen molar-refractivity contribution >= 4 is 15.7 Å². The number of nitrogen functional groups attached to an aromatic ring is 1.